The zero-order valence-electron chi connectivity index (χ0n) is 20.2. The summed E-state index contributed by atoms with van der Waals surface area (Å²) in [4.78, 5) is 24.5. The van der Waals surface area contributed by atoms with E-state index >= 15 is 0 Å². The Kier molecular flexibility index (Phi) is 7.97. The SMILES string of the molecule is CCC1(C(N)=O)CCC(C)(CNC(=O)c2cc(F)c(OCc3ccc(OC)cc3)c(F)c2F)CC1. The van der Waals surface area contributed by atoms with Crippen LogP contribution in [0.1, 0.15) is 61.9 Å². The highest BCUT2D eigenvalue weighted by Crippen LogP contribution is 2.46. The molecule has 35 heavy (non-hydrogen) atoms. The lowest BCUT2D eigenvalue weighted by Crippen LogP contribution is -2.45. The number of nitrogens with two attached hydrogens (primary N) is 1. The second-order valence-corrected chi connectivity index (χ2v) is 9.49. The van der Waals surface area contributed by atoms with E-state index in [1.807, 2.05) is 13.8 Å². The Morgan fingerprint density at radius 3 is 2.23 bits per heavy atom. The molecule has 1 fully saturated rings. The van der Waals surface area contributed by atoms with Gasteiger partial charge in [0.1, 0.15) is 12.4 Å². The monoisotopic (exact) mass is 492 g/mol. The maximum atomic E-state index is 14.7. The third kappa shape index (κ3) is 5.71. The Balaban J connectivity index is 1.65. The van der Waals surface area contributed by atoms with Gasteiger partial charge in [-0.25, -0.2) is 8.78 Å². The minimum absolute atomic E-state index is 0.169. The van der Waals surface area contributed by atoms with Gasteiger partial charge in [0.05, 0.1) is 12.7 Å². The first kappa shape index (κ1) is 26.4. The van der Waals surface area contributed by atoms with Crippen molar-refractivity contribution in [1.29, 1.82) is 0 Å². The minimum atomic E-state index is -1.57. The van der Waals surface area contributed by atoms with E-state index < -0.39 is 40.1 Å². The van der Waals surface area contributed by atoms with Crippen LogP contribution in [0.4, 0.5) is 13.2 Å². The number of hydrogen-bond donors (Lipinski definition) is 2. The van der Waals surface area contributed by atoms with Crippen molar-refractivity contribution in [2.75, 3.05) is 13.7 Å². The molecule has 0 atom stereocenters. The first-order chi connectivity index (χ1) is 16.5. The second kappa shape index (κ2) is 10.6. The first-order valence-corrected chi connectivity index (χ1v) is 11.6. The highest BCUT2D eigenvalue weighted by Gasteiger charge is 2.43. The second-order valence-electron chi connectivity index (χ2n) is 9.49. The average Bonchev–Trinajstić information content (AvgIpc) is 2.85. The molecule has 0 aromatic heterocycles. The van der Waals surface area contributed by atoms with Crippen LogP contribution in [0.25, 0.3) is 0 Å². The van der Waals surface area contributed by atoms with Gasteiger partial charge in [0.15, 0.2) is 17.4 Å². The lowest BCUT2D eigenvalue weighted by molar-refractivity contribution is -0.131. The number of carbonyl (C=O) groups excluding carboxylic acids is 2. The van der Waals surface area contributed by atoms with Crippen molar-refractivity contribution in [3.63, 3.8) is 0 Å². The van der Waals surface area contributed by atoms with Gasteiger partial charge in [0.25, 0.3) is 5.91 Å². The Morgan fingerprint density at radius 2 is 1.69 bits per heavy atom. The summed E-state index contributed by atoms with van der Waals surface area (Å²) in [6, 6.07) is 7.24. The van der Waals surface area contributed by atoms with Gasteiger partial charge in [0.2, 0.25) is 11.7 Å². The van der Waals surface area contributed by atoms with Gasteiger partial charge in [-0.2, -0.15) is 4.39 Å². The van der Waals surface area contributed by atoms with Crippen LogP contribution < -0.4 is 20.5 Å². The van der Waals surface area contributed by atoms with E-state index in [1.165, 1.54) is 7.11 Å². The number of rotatable bonds is 9. The van der Waals surface area contributed by atoms with E-state index in [2.05, 4.69) is 5.32 Å². The predicted octanol–water partition coefficient (Wildman–Crippen LogP) is 4.88. The Hall–Kier alpha value is -3.23. The molecule has 0 heterocycles. The molecular weight excluding hydrogens is 461 g/mol. The van der Waals surface area contributed by atoms with Crippen LogP contribution in [0.3, 0.4) is 0 Å². The van der Waals surface area contributed by atoms with Crippen LogP contribution in [0.15, 0.2) is 30.3 Å². The molecule has 1 aliphatic rings. The lowest BCUT2D eigenvalue weighted by atomic mass is 9.63. The van der Waals surface area contributed by atoms with E-state index in [1.54, 1.807) is 24.3 Å². The molecule has 6 nitrogen and oxygen atoms in total. The van der Waals surface area contributed by atoms with Crippen molar-refractivity contribution in [1.82, 2.24) is 5.32 Å². The normalized spacial score (nSPS) is 21.9. The largest absolute Gasteiger partial charge is 0.497 e. The van der Waals surface area contributed by atoms with Gasteiger partial charge < -0.3 is 20.5 Å². The highest BCUT2D eigenvalue weighted by molar-refractivity contribution is 5.94. The fraction of sp³-hybridized carbons (Fsp3) is 0.462. The average molecular weight is 493 g/mol. The molecule has 0 saturated heterocycles. The van der Waals surface area contributed by atoms with Crippen molar-refractivity contribution in [3.05, 3.63) is 58.9 Å². The topological polar surface area (TPSA) is 90.7 Å². The molecule has 0 bridgehead atoms. The zero-order valence-corrected chi connectivity index (χ0v) is 20.2. The highest BCUT2D eigenvalue weighted by atomic mass is 19.2. The van der Waals surface area contributed by atoms with Crippen LogP contribution in [0, 0.1) is 28.3 Å². The quantitative estimate of drug-likeness (QED) is 0.488. The fourth-order valence-electron chi connectivity index (χ4n) is 4.43. The third-order valence-electron chi connectivity index (χ3n) is 7.19. The van der Waals surface area contributed by atoms with Crippen molar-refractivity contribution in [2.24, 2.45) is 16.6 Å². The molecule has 0 radical (unpaired) electrons. The van der Waals surface area contributed by atoms with E-state index in [0.717, 1.165) is 0 Å². The number of primary amides is 1. The van der Waals surface area contributed by atoms with E-state index in [4.69, 9.17) is 15.2 Å². The molecule has 0 spiro atoms. The Bertz CT molecular complexity index is 1080. The van der Waals surface area contributed by atoms with Gasteiger partial charge in [-0.3, -0.25) is 9.59 Å². The standard InChI is InChI=1S/C26H31F3N2O4/c1-4-26(24(30)33)11-9-25(2,10-12-26)15-31-23(32)18-13-19(27)22(21(29)20(18)28)35-14-16-5-7-17(34-3)8-6-16/h5-8,13H,4,9-12,14-15H2,1-3H3,(H2,30,33)(H,31,32). The summed E-state index contributed by atoms with van der Waals surface area (Å²) in [7, 11) is 1.51. The molecule has 0 unspecified atom stereocenters. The third-order valence-corrected chi connectivity index (χ3v) is 7.19. The lowest BCUT2D eigenvalue weighted by Gasteiger charge is -2.43. The number of methoxy groups -OCH3 is 1. The number of halogens is 3. The number of amides is 2. The summed E-state index contributed by atoms with van der Waals surface area (Å²) in [5.41, 5.74) is 4.54. The number of nitrogens with one attached hydrogen (secondary N) is 1. The van der Waals surface area contributed by atoms with Crippen molar-refractivity contribution >= 4 is 11.8 Å². The van der Waals surface area contributed by atoms with Crippen molar-refractivity contribution in [3.8, 4) is 11.5 Å². The summed E-state index contributed by atoms with van der Waals surface area (Å²) in [5, 5.41) is 2.59. The van der Waals surface area contributed by atoms with Crippen molar-refractivity contribution < 1.29 is 32.2 Å². The molecular formula is C26H31F3N2O4. The maximum Gasteiger partial charge on any atom is 0.254 e. The number of carbonyl (C=O) groups is 2. The van der Waals surface area contributed by atoms with Gasteiger partial charge in [0, 0.05) is 12.0 Å². The molecule has 2 amide bonds. The van der Waals surface area contributed by atoms with Crippen LogP contribution in [-0.4, -0.2) is 25.5 Å². The fourth-order valence-corrected chi connectivity index (χ4v) is 4.43. The summed E-state index contributed by atoms with van der Waals surface area (Å²) >= 11 is 0. The molecule has 2 aromatic carbocycles. The van der Waals surface area contributed by atoms with Gasteiger partial charge in [-0.15, -0.1) is 0 Å². The molecule has 1 aliphatic carbocycles. The maximum absolute atomic E-state index is 14.7. The smallest absolute Gasteiger partial charge is 0.254 e. The van der Waals surface area contributed by atoms with Crippen molar-refractivity contribution in [2.45, 2.75) is 52.6 Å². The zero-order chi connectivity index (χ0) is 25.8. The van der Waals surface area contributed by atoms with Gasteiger partial charge in [-0.1, -0.05) is 26.0 Å². The predicted molar refractivity (Wildman–Crippen MR) is 124 cm³/mol. The van der Waals surface area contributed by atoms with E-state index in [0.29, 0.717) is 49.5 Å². The van der Waals surface area contributed by atoms with Gasteiger partial charge >= 0.3 is 0 Å². The minimum Gasteiger partial charge on any atom is -0.497 e. The molecule has 190 valence electrons. The van der Waals surface area contributed by atoms with Crippen LogP contribution in [0.5, 0.6) is 11.5 Å². The number of benzene rings is 2. The van der Waals surface area contributed by atoms with E-state index in [-0.39, 0.29) is 24.5 Å². The van der Waals surface area contributed by atoms with Crippen LogP contribution in [-0.2, 0) is 11.4 Å². The molecule has 3 N–H and O–H groups in total. The summed E-state index contributed by atoms with van der Waals surface area (Å²) < 4.78 is 54.0. The molecule has 2 aromatic rings. The van der Waals surface area contributed by atoms with E-state index in [9.17, 15) is 22.8 Å². The summed E-state index contributed by atoms with van der Waals surface area (Å²) in [6.07, 6.45) is 3.08. The van der Waals surface area contributed by atoms with Crippen LogP contribution in [0.2, 0.25) is 0 Å². The Morgan fingerprint density at radius 1 is 1.06 bits per heavy atom. The van der Waals surface area contributed by atoms with Gasteiger partial charge in [-0.05, 0) is 61.3 Å². The molecule has 1 saturated carbocycles. The molecule has 0 aliphatic heterocycles. The summed E-state index contributed by atoms with van der Waals surface area (Å²) in [6.45, 7) is 3.83. The number of ether oxygens (including phenoxy) is 2. The molecule has 3 rings (SSSR count). The first-order valence-electron chi connectivity index (χ1n) is 11.6. The molecule has 9 heteroatoms. The summed E-state index contributed by atoms with van der Waals surface area (Å²) in [5.74, 6) is -5.77. The van der Waals surface area contributed by atoms with Crippen LogP contribution >= 0.6 is 0 Å². The Labute approximate surface area is 203 Å². The number of hydrogen-bond acceptors (Lipinski definition) is 4.